The summed E-state index contributed by atoms with van der Waals surface area (Å²) >= 11 is 1.44. The first kappa shape index (κ1) is 29.0. The van der Waals surface area contributed by atoms with Gasteiger partial charge in [0.2, 0.25) is 5.91 Å². The minimum absolute atomic E-state index is 0.234. The molecule has 0 aromatic rings. The standard InChI is InChI=1S/C24H39NO5S/c1-6-20(15-22(26)27)23(28)25-21(24(29)30)16-31-14-13-19(5)12-8-11-18(4)10-7-9-17(2)3/h9,11,13,20-21H,6-8,10,12,14-16H2,1-5H3,(H,25,28)(H,26,27)(H,29,30). The molecular weight excluding hydrogens is 414 g/mol. The molecule has 6 nitrogen and oxygen atoms in total. The summed E-state index contributed by atoms with van der Waals surface area (Å²) in [7, 11) is 0. The third-order valence-electron chi connectivity index (χ3n) is 4.86. The Morgan fingerprint density at radius 1 is 0.935 bits per heavy atom. The van der Waals surface area contributed by atoms with E-state index in [1.165, 1.54) is 28.5 Å². The van der Waals surface area contributed by atoms with E-state index in [2.05, 4.69) is 51.2 Å². The van der Waals surface area contributed by atoms with Crippen molar-refractivity contribution >= 4 is 29.6 Å². The molecule has 0 heterocycles. The Balaban J connectivity index is 4.40. The lowest BCUT2D eigenvalue weighted by atomic mass is 10.0. The molecule has 0 aliphatic rings. The van der Waals surface area contributed by atoms with Gasteiger partial charge in [0.25, 0.3) is 0 Å². The van der Waals surface area contributed by atoms with Gasteiger partial charge in [0, 0.05) is 17.4 Å². The van der Waals surface area contributed by atoms with Gasteiger partial charge in [-0.3, -0.25) is 9.59 Å². The number of hydrogen-bond donors (Lipinski definition) is 3. The summed E-state index contributed by atoms with van der Waals surface area (Å²) in [6, 6.07) is -1.03. The number of carbonyl (C=O) groups is 3. The second-order valence-electron chi connectivity index (χ2n) is 8.10. The van der Waals surface area contributed by atoms with Crippen molar-refractivity contribution < 1.29 is 24.6 Å². The maximum atomic E-state index is 12.2. The van der Waals surface area contributed by atoms with E-state index < -0.39 is 29.8 Å². The minimum Gasteiger partial charge on any atom is -0.481 e. The molecule has 0 saturated heterocycles. The van der Waals surface area contributed by atoms with Crippen molar-refractivity contribution in [2.24, 2.45) is 5.92 Å². The van der Waals surface area contributed by atoms with Crippen molar-refractivity contribution in [1.29, 1.82) is 0 Å². The van der Waals surface area contributed by atoms with Gasteiger partial charge in [-0.25, -0.2) is 4.79 Å². The highest BCUT2D eigenvalue weighted by atomic mass is 32.2. The summed E-state index contributed by atoms with van der Waals surface area (Å²) in [6.07, 6.45) is 10.8. The molecule has 0 aliphatic heterocycles. The summed E-state index contributed by atoms with van der Waals surface area (Å²) in [5.74, 6) is -2.51. The van der Waals surface area contributed by atoms with E-state index >= 15 is 0 Å². The number of carbonyl (C=O) groups excluding carboxylic acids is 1. The van der Waals surface area contributed by atoms with Crippen molar-refractivity contribution in [3.05, 3.63) is 34.9 Å². The molecule has 0 saturated carbocycles. The van der Waals surface area contributed by atoms with Crippen LogP contribution in [0, 0.1) is 5.92 Å². The van der Waals surface area contributed by atoms with Crippen LogP contribution in [-0.2, 0) is 14.4 Å². The maximum Gasteiger partial charge on any atom is 0.327 e. The van der Waals surface area contributed by atoms with Gasteiger partial charge in [-0.15, -0.1) is 0 Å². The van der Waals surface area contributed by atoms with Crippen LogP contribution in [0.15, 0.2) is 34.9 Å². The normalized spacial score (nSPS) is 14.0. The molecule has 0 radical (unpaired) electrons. The van der Waals surface area contributed by atoms with Crippen LogP contribution in [0.4, 0.5) is 0 Å². The molecule has 0 bridgehead atoms. The van der Waals surface area contributed by atoms with Crippen LogP contribution in [0.1, 0.15) is 73.1 Å². The zero-order valence-corrected chi connectivity index (χ0v) is 20.4. The van der Waals surface area contributed by atoms with Crippen LogP contribution in [-0.4, -0.2) is 45.6 Å². The van der Waals surface area contributed by atoms with Gasteiger partial charge in [-0.05, 0) is 59.8 Å². The van der Waals surface area contributed by atoms with Crippen LogP contribution in [0.3, 0.4) is 0 Å². The zero-order chi connectivity index (χ0) is 23.8. The number of rotatable bonds is 16. The Hall–Kier alpha value is -2.02. The first-order chi connectivity index (χ1) is 14.6. The van der Waals surface area contributed by atoms with Crippen LogP contribution < -0.4 is 5.32 Å². The lowest BCUT2D eigenvalue weighted by Gasteiger charge is -2.18. The van der Waals surface area contributed by atoms with Gasteiger partial charge >= 0.3 is 11.9 Å². The Morgan fingerprint density at radius 3 is 2.03 bits per heavy atom. The molecule has 2 unspecified atom stereocenters. The molecule has 2 atom stereocenters. The van der Waals surface area contributed by atoms with Crippen LogP contribution in [0.5, 0.6) is 0 Å². The lowest BCUT2D eigenvalue weighted by Crippen LogP contribution is -2.45. The number of carboxylic acid groups (broad SMARTS) is 2. The molecule has 0 spiro atoms. The first-order valence-electron chi connectivity index (χ1n) is 10.8. The van der Waals surface area contributed by atoms with Crippen LogP contribution in [0.2, 0.25) is 0 Å². The smallest absolute Gasteiger partial charge is 0.327 e. The van der Waals surface area contributed by atoms with E-state index in [1.54, 1.807) is 6.92 Å². The van der Waals surface area contributed by atoms with E-state index in [0.717, 1.165) is 25.7 Å². The fraction of sp³-hybridized carbons (Fsp3) is 0.625. The van der Waals surface area contributed by atoms with E-state index in [0.29, 0.717) is 12.2 Å². The highest BCUT2D eigenvalue weighted by Gasteiger charge is 2.25. The fourth-order valence-electron chi connectivity index (χ4n) is 2.82. The highest BCUT2D eigenvalue weighted by molar-refractivity contribution is 7.99. The monoisotopic (exact) mass is 453 g/mol. The fourth-order valence-corrected chi connectivity index (χ4v) is 3.82. The molecule has 0 aliphatic carbocycles. The molecule has 31 heavy (non-hydrogen) atoms. The highest BCUT2D eigenvalue weighted by Crippen LogP contribution is 2.14. The van der Waals surface area contributed by atoms with Crippen LogP contribution >= 0.6 is 11.8 Å². The van der Waals surface area contributed by atoms with Gasteiger partial charge in [-0.2, -0.15) is 11.8 Å². The van der Waals surface area contributed by atoms with Crippen LogP contribution in [0.25, 0.3) is 0 Å². The molecule has 0 aromatic heterocycles. The average Bonchev–Trinajstić information content (AvgIpc) is 2.67. The summed E-state index contributed by atoms with van der Waals surface area (Å²) in [6.45, 7) is 10.2. The lowest BCUT2D eigenvalue weighted by molar-refractivity contribution is -0.143. The second kappa shape index (κ2) is 16.6. The molecule has 7 heteroatoms. The van der Waals surface area contributed by atoms with E-state index in [-0.39, 0.29) is 12.2 Å². The van der Waals surface area contributed by atoms with Gasteiger partial charge < -0.3 is 15.5 Å². The van der Waals surface area contributed by atoms with Crippen molar-refractivity contribution in [2.75, 3.05) is 11.5 Å². The Bertz CT molecular complexity index is 677. The number of thioether (sulfide) groups is 1. The topological polar surface area (TPSA) is 104 Å². The molecular formula is C24H39NO5S. The maximum absolute atomic E-state index is 12.2. The van der Waals surface area contributed by atoms with Crippen molar-refractivity contribution in [1.82, 2.24) is 5.32 Å². The van der Waals surface area contributed by atoms with Gasteiger partial charge in [0.05, 0.1) is 6.42 Å². The Morgan fingerprint density at radius 2 is 1.52 bits per heavy atom. The Kier molecular flexibility index (Phi) is 15.6. The van der Waals surface area contributed by atoms with Crippen molar-refractivity contribution in [2.45, 2.75) is 79.2 Å². The summed E-state index contributed by atoms with van der Waals surface area (Å²) in [4.78, 5) is 34.5. The predicted molar refractivity (Wildman–Crippen MR) is 128 cm³/mol. The summed E-state index contributed by atoms with van der Waals surface area (Å²) < 4.78 is 0. The average molecular weight is 454 g/mol. The number of nitrogens with one attached hydrogen (secondary N) is 1. The summed E-state index contributed by atoms with van der Waals surface area (Å²) in [5, 5.41) is 20.7. The van der Waals surface area contributed by atoms with E-state index in [1.807, 2.05) is 0 Å². The quantitative estimate of drug-likeness (QED) is 0.219. The predicted octanol–water partition coefficient (Wildman–Crippen LogP) is 5.21. The molecule has 0 fully saturated rings. The molecule has 0 aromatic carbocycles. The third-order valence-corrected chi connectivity index (χ3v) is 5.83. The number of allylic oxidation sites excluding steroid dienone is 5. The third kappa shape index (κ3) is 15.4. The molecule has 176 valence electrons. The minimum atomic E-state index is -1.11. The van der Waals surface area contributed by atoms with Gasteiger partial charge in [0.15, 0.2) is 0 Å². The molecule has 3 N–H and O–H groups in total. The number of aliphatic carboxylic acids is 2. The van der Waals surface area contributed by atoms with Gasteiger partial charge in [-0.1, -0.05) is 41.9 Å². The largest absolute Gasteiger partial charge is 0.481 e. The molecule has 1 amide bonds. The zero-order valence-electron chi connectivity index (χ0n) is 19.6. The van der Waals surface area contributed by atoms with Gasteiger partial charge in [0.1, 0.15) is 6.04 Å². The second-order valence-corrected chi connectivity index (χ2v) is 9.17. The number of hydrogen-bond acceptors (Lipinski definition) is 4. The van der Waals surface area contributed by atoms with Crippen molar-refractivity contribution in [3.63, 3.8) is 0 Å². The van der Waals surface area contributed by atoms with Crippen molar-refractivity contribution in [3.8, 4) is 0 Å². The number of carboxylic acids is 2. The first-order valence-corrected chi connectivity index (χ1v) is 12.0. The molecule has 0 rings (SSSR count). The van der Waals surface area contributed by atoms with E-state index in [9.17, 15) is 19.5 Å². The Labute approximate surface area is 191 Å². The number of amides is 1. The summed E-state index contributed by atoms with van der Waals surface area (Å²) in [5.41, 5.74) is 4.00. The SMILES string of the molecule is CCC(CC(=O)O)C(=O)NC(CSCC=C(C)CCC=C(C)CCC=C(C)C)C(=O)O. The van der Waals surface area contributed by atoms with E-state index in [4.69, 9.17) is 5.11 Å².